The van der Waals surface area contributed by atoms with E-state index in [1.54, 1.807) is 42.5 Å². The second-order valence-corrected chi connectivity index (χ2v) is 5.19. The van der Waals surface area contributed by atoms with Gasteiger partial charge in [0.05, 0.1) is 12.3 Å². The van der Waals surface area contributed by atoms with Gasteiger partial charge in [-0.3, -0.25) is 4.79 Å². The van der Waals surface area contributed by atoms with Gasteiger partial charge in [-0.2, -0.15) is 0 Å². The van der Waals surface area contributed by atoms with Crippen molar-refractivity contribution in [2.45, 2.75) is 6.92 Å². The number of urea groups is 1. The fourth-order valence-corrected chi connectivity index (χ4v) is 2.42. The van der Waals surface area contributed by atoms with Crippen molar-refractivity contribution in [1.29, 1.82) is 0 Å². The summed E-state index contributed by atoms with van der Waals surface area (Å²) in [6, 6.07) is 11.3. The number of benzene rings is 2. The minimum Gasteiger partial charge on any atom is -0.494 e. The fraction of sp³-hybridized carbons (Fsp3) is 0.222. The molecule has 7 nitrogen and oxygen atoms in total. The maximum absolute atomic E-state index is 12.5. The first-order valence-electron chi connectivity index (χ1n) is 7.89. The van der Waals surface area contributed by atoms with Gasteiger partial charge in [0.1, 0.15) is 19.0 Å². The molecule has 0 aliphatic carbocycles. The molecule has 0 fully saturated rings. The summed E-state index contributed by atoms with van der Waals surface area (Å²) in [6.45, 7) is 3.30. The number of hydrogen-bond acceptors (Lipinski definition) is 5. The summed E-state index contributed by atoms with van der Waals surface area (Å²) in [5.41, 5.74) is 0.915. The third-order valence-corrected chi connectivity index (χ3v) is 3.52. The van der Waals surface area contributed by atoms with Crippen molar-refractivity contribution in [1.82, 2.24) is 0 Å². The van der Waals surface area contributed by atoms with E-state index in [0.717, 1.165) is 4.90 Å². The molecule has 0 unspecified atom stereocenters. The second kappa shape index (κ2) is 7.57. The maximum Gasteiger partial charge on any atom is 0.332 e. The van der Waals surface area contributed by atoms with Crippen molar-refractivity contribution in [3.05, 3.63) is 42.5 Å². The molecule has 3 amide bonds. The molecule has 7 heteroatoms. The van der Waals surface area contributed by atoms with Gasteiger partial charge in [0, 0.05) is 17.8 Å². The SMILES string of the molecule is CCOc1cccc(NC(=O)N(C=O)c2ccc3c(c2)OCCO3)c1. The van der Waals surface area contributed by atoms with Gasteiger partial charge in [0.15, 0.2) is 11.5 Å². The van der Waals surface area contributed by atoms with Crippen molar-refractivity contribution >= 4 is 23.8 Å². The molecular formula is C18H18N2O5. The second-order valence-electron chi connectivity index (χ2n) is 5.19. The molecule has 2 aromatic rings. The number of imide groups is 1. The minimum absolute atomic E-state index is 0.387. The largest absolute Gasteiger partial charge is 0.494 e. The Bertz CT molecular complexity index is 778. The Kier molecular flexibility index (Phi) is 5.03. The lowest BCUT2D eigenvalue weighted by molar-refractivity contribution is -0.106. The molecule has 1 heterocycles. The van der Waals surface area contributed by atoms with Crippen LogP contribution >= 0.6 is 0 Å². The standard InChI is InChI=1S/C18H18N2O5/c1-2-23-15-5-3-4-13(10-15)19-18(22)20(12-21)14-6-7-16-17(11-14)25-9-8-24-16/h3-7,10-12H,2,8-9H2,1H3,(H,19,22). The highest BCUT2D eigenvalue weighted by Crippen LogP contribution is 2.34. The normalized spacial score (nSPS) is 12.2. The first kappa shape index (κ1) is 16.6. The van der Waals surface area contributed by atoms with E-state index in [4.69, 9.17) is 14.2 Å². The molecular weight excluding hydrogens is 324 g/mol. The molecule has 1 aliphatic heterocycles. The number of amides is 3. The summed E-state index contributed by atoms with van der Waals surface area (Å²) in [6.07, 6.45) is 0.452. The summed E-state index contributed by atoms with van der Waals surface area (Å²) < 4.78 is 16.3. The summed E-state index contributed by atoms with van der Waals surface area (Å²) in [4.78, 5) is 24.9. The van der Waals surface area contributed by atoms with Crippen molar-refractivity contribution in [3.8, 4) is 17.2 Å². The van der Waals surface area contributed by atoms with Gasteiger partial charge in [-0.05, 0) is 31.2 Å². The highest BCUT2D eigenvalue weighted by molar-refractivity contribution is 6.12. The van der Waals surface area contributed by atoms with Gasteiger partial charge in [0.25, 0.3) is 0 Å². The van der Waals surface area contributed by atoms with E-state index in [-0.39, 0.29) is 0 Å². The highest BCUT2D eigenvalue weighted by Gasteiger charge is 2.19. The van der Waals surface area contributed by atoms with Crippen LogP contribution in [0.25, 0.3) is 0 Å². The van der Waals surface area contributed by atoms with E-state index in [1.807, 2.05) is 6.92 Å². The molecule has 2 aromatic carbocycles. The van der Waals surface area contributed by atoms with E-state index in [0.29, 0.717) is 54.9 Å². The van der Waals surface area contributed by atoms with E-state index >= 15 is 0 Å². The number of hydrogen-bond donors (Lipinski definition) is 1. The van der Waals surface area contributed by atoms with Gasteiger partial charge in [-0.15, -0.1) is 0 Å². The van der Waals surface area contributed by atoms with Gasteiger partial charge < -0.3 is 19.5 Å². The molecule has 0 bridgehead atoms. The third kappa shape index (κ3) is 3.82. The Labute approximate surface area is 145 Å². The number of rotatable bonds is 5. The van der Waals surface area contributed by atoms with Crippen LogP contribution in [0.4, 0.5) is 16.2 Å². The van der Waals surface area contributed by atoms with E-state index < -0.39 is 6.03 Å². The fourth-order valence-electron chi connectivity index (χ4n) is 2.42. The van der Waals surface area contributed by atoms with Crippen LogP contribution in [0.2, 0.25) is 0 Å². The zero-order chi connectivity index (χ0) is 17.6. The molecule has 25 heavy (non-hydrogen) atoms. The molecule has 0 aromatic heterocycles. The van der Waals surface area contributed by atoms with Crippen LogP contribution in [-0.4, -0.2) is 32.3 Å². The number of nitrogens with zero attached hydrogens (tertiary/aromatic N) is 1. The molecule has 1 aliphatic rings. The lowest BCUT2D eigenvalue weighted by Crippen LogP contribution is -2.33. The molecule has 0 saturated heterocycles. The average molecular weight is 342 g/mol. The topological polar surface area (TPSA) is 77.1 Å². The zero-order valence-electron chi connectivity index (χ0n) is 13.7. The van der Waals surface area contributed by atoms with Crippen LogP contribution in [-0.2, 0) is 4.79 Å². The lowest BCUT2D eigenvalue weighted by atomic mass is 10.2. The van der Waals surface area contributed by atoms with Crippen LogP contribution in [0.1, 0.15) is 6.92 Å². The number of fused-ring (bicyclic) bond motifs is 1. The van der Waals surface area contributed by atoms with E-state index in [2.05, 4.69) is 5.32 Å². The van der Waals surface area contributed by atoms with Crippen LogP contribution < -0.4 is 24.4 Å². The summed E-state index contributed by atoms with van der Waals surface area (Å²) in [7, 11) is 0. The van der Waals surface area contributed by atoms with Gasteiger partial charge >= 0.3 is 6.03 Å². The van der Waals surface area contributed by atoms with Crippen LogP contribution in [0, 0.1) is 0 Å². The summed E-state index contributed by atoms with van der Waals surface area (Å²) in [5, 5.41) is 2.67. The predicted molar refractivity (Wildman–Crippen MR) is 92.6 cm³/mol. The van der Waals surface area contributed by atoms with E-state index in [9.17, 15) is 9.59 Å². The molecule has 3 rings (SSSR count). The average Bonchev–Trinajstić information content (AvgIpc) is 2.63. The Hall–Kier alpha value is -3.22. The van der Waals surface area contributed by atoms with Crippen molar-refractivity contribution < 1.29 is 23.8 Å². The Morgan fingerprint density at radius 3 is 2.76 bits per heavy atom. The Morgan fingerprint density at radius 1 is 1.20 bits per heavy atom. The zero-order valence-corrected chi connectivity index (χ0v) is 13.7. The van der Waals surface area contributed by atoms with Gasteiger partial charge in [-0.1, -0.05) is 6.07 Å². The van der Waals surface area contributed by atoms with Crippen molar-refractivity contribution in [3.63, 3.8) is 0 Å². The molecule has 0 radical (unpaired) electrons. The summed E-state index contributed by atoms with van der Waals surface area (Å²) in [5.74, 6) is 1.73. The third-order valence-electron chi connectivity index (χ3n) is 3.52. The Balaban J connectivity index is 1.77. The Morgan fingerprint density at radius 2 is 2.00 bits per heavy atom. The van der Waals surface area contributed by atoms with Crippen molar-refractivity contribution in [2.75, 3.05) is 30.0 Å². The summed E-state index contributed by atoms with van der Waals surface area (Å²) >= 11 is 0. The molecule has 1 N–H and O–H groups in total. The number of carbonyl (C=O) groups is 2. The van der Waals surface area contributed by atoms with Crippen LogP contribution in [0.15, 0.2) is 42.5 Å². The number of anilines is 2. The van der Waals surface area contributed by atoms with Gasteiger partial charge in [-0.25, -0.2) is 9.69 Å². The van der Waals surface area contributed by atoms with Crippen LogP contribution in [0.3, 0.4) is 0 Å². The first-order chi connectivity index (χ1) is 12.2. The molecule has 0 spiro atoms. The number of ether oxygens (including phenoxy) is 3. The lowest BCUT2D eigenvalue weighted by Gasteiger charge is -2.21. The number of nitrogens with one attached hydrogen (secondary N) is 1. The highest BCUT2D eigenvalue weighted by atomic mass is 16.6. The minimum atomic E-state index is -0.583. The number of carbonyl (C=O) groups excluding carboxylic acids is 2. The monoisotopic (exact) mass is 342 g/mol. The van der Waals surface area contributed by atoms with E-state index in [1.165, 1.54) is 0 Å². The molecule has 0 atom stereocenters. The first-order valence-corrected chi connectivity index (χ1v) is 7.89. The van der Waals surface area contributed by atoms with Crippen LogP contribution in [0.5, 0.6) is 17.2 Å². The van der Waals surface area contributed by atoms with Crippen molar-refractivity contribution in [2.24, 2.45) is 0 Å². The predicted octanol–water partition coefficient (Wildman–Crippen LogP) is 3.05. The molecule has 0 saturated carbocycles. The molecule has 130 valence electrons. The quantitative estimate of drug-likeness (QED) is 0.845. The smallest absolute Gasteiger partial charge is 0.332 e. The van der Waals surface area contributed by atoms with Gasteiger partial charge in [0.2, 0.25) is 6.41 Å². The maximum atomic E-state index is 12.5.